The molecule has 4 heteroatoms. The molecular weight excluding hydrogens is 327 g/mol. The highest BCUT2D eigenvalue weighted by atomic mass is 127. The topological polar surface area (TPSA) is 44.1 Å². The summed E-state index contributed by atoms with van der Waals surface area (Å²) >= 11 is 2.20. The van der Waals surface area contributed by atoms with Crippen molar-refractivity contribution in [3.63, 3.8) is 0 Å². The molecule has 1 atom stereocenters. The van der Waals surface area contributed by atoms with Crippen molar-refractivity contribution in [2.45, 2.75) is 25.8 Å². The van der Waals surface area contributed by atoms with E-state index in [1.54, 1.807) is 4.90 Å². The number of hydrogen-bond acceptors (Lipinski definition) is 2. The Balaban J connectivity index is 2.32. The predicted octanol–water partition coefficient (Wildman–Crippen LogP) is 2.73. The number of rotatable bonds is 1. The number of halogens is 1. The van der Waals surface area contributed by atoms with Gasteiger partial charge in [0.1, 0.15) is 6.04 Å². The summed E-state index contributed by atoms with van der Waals surface area (Å²) in [5, 5.41) is 9.01. The number of carbonyl (C=O) groups is 1. The lowest BCUT2D eigenvalue weighted by Gasteiger charge is -2.20. The van der Waals surface area contributed by atoms with Crippen LogP contribution < -0.4 is 0 Å². The minimum Gasteiger partial charge on any atom is -0.323 e. The van der Waals surface area contributed by atoms with Crippen LogP contribution in [-0.2, 0) is 0 Å². The third-order valence-electron chi connectivity index (χ3n) is 3.08. The number of amides is 1. The van der Waals surface area contributed by atoms with E-state index < -0.39 is 0 Å². The zero-order valence-electron chi connectivity index (χ0n) is 9.61. The van der Waals surface area contributed by atoms with Gasteiger partial charge >= 0.3 is 0 Å². The third-order valence-corrected chi connectivity index (χ3v) is 4.52. The molecule has 0 radical (unpaired) electrons. The Morgan fingerprint density at radius 2 is 2.35 bits per heavy atom. The summed E-state index contributed by atoms with van der Waals surface area (Å²) in [7, 11) is 0. The van der Waals surface area contributed by atoms with Gasteiger partial charge in [-0.25, -0.2) is 0 Å². The second kappa shape index (κ2) is 5.05. The van der Waals surface area contributed by atoms with Gasteiger partial charge in [0.05, 0.1) is 11.6 Å². The van der Waals surface area contributed by atoms with E-state index in [2.05, 4.69) is 28.7 Å². The van der Waals surface area contributed by atoms with Crippen LogP contribution in [0, 0.1) is 21.8 Å². The number of aryl methyl sites for hydroxylation is 1. The van der Waals surface area contributed by atoms with E-state index in [9.17, 15) is 4.79 Å². The maximum absolute atomic E-state index is 12.4. The van der Waals surface area contributed by atoms with Crippen molar-refractivity contribution in [1.29, 1.82) is 5.26 Å². The van der Waals surface area contributed by atoms with Gasteiger partial charge < -0.3 is 4.90 Å². The van der Waals surface area contributed by atoms with Gasteiger partial charge in [-0.1, -0.05) is 12.1 Å². The van der Waals surface area contributed by atoms with Crippen molar-refractivity contribution in [2.75, 3.05) is 6.54 Å². The third kappa shape index (κ3) is 2.29. The zero-order valence-corrected chi connectivity index (χ0v) is 11.8. The second-order valence-corrected chi connectivity index (χ2v) is 5.30. The number of hydrogen-bond donors (Lipinski definition) is 0. The van der Waals surface area contributed by atoms with E-state index in [0.717, 1.165) is 22.0 Å². The van der Waals surface area contributed by atoms with Crippen LogP contribution in [0.1, 0.15) is 28.8 Å². The summed E-state index contributed by atoms with van der Waals surface area (Å²) in [4.78, 5) is 14.1. The molecule has 1 aromatic carbocycles. The van der Waals surface area contributed by atoms with Crippen LogP contribution in [0.5, 0.6) is 0 Å². The second-order valence-electron chi connectivity index (χ2n) is 4.22. The van der Waals surface area contributed by atoms with Gasteiger partial charge in [-0.05, 0) is 54.0 Å². The lowest BCUT2D eigenvalue weighted by atomic mass is 10.1. The smallest absolute Gasteiger partial charge is 0.256 e. The van der Waals surface area contributed by atoms with Crippen LogP contribution in [0.2, 0.25) is 0 Å². The average molecular weight is 340 g/mol. The van der Waals surface area contributed by atoms with Crippen LogP contribution in [0.25, 0.3) is 0 Å². The van der Waals surface area contributed by atoms with Crippen LogP contribution in [0.3, 0.4) is 0 Å². The normalized spacial score (nSPS) is 19.1. The van der Waals surface area contributed by atoms with Crippen molar-refractivity contribution in [2.24, 2.45) is 0 Å². The Kier molecular flexibility index (Phi) is 3.67. The van der Waals surface area contributed by atoms with Crippen molar-refractivity contribution in [1.82, 2.24) is 4.90 Å². The van der Waals surface area contributed by atoms with E-state index in [0.29, 0.717) is 12.1 Å². The highest BCUT2D eigenvalue weighted by Gasteiger charge is 2.30. The van der Waals surface area contributed by atoms with Gasteiger partial charge in [-0.2, -0.15) is 5.26 Å². The molecule has 1 saturated heterocycles. The SMILES string of the molecule is Cc1cccc(C(=O)N2CCCC2C#N)c1I. The summed E-state index contributed by atoms with van der Waals surface area (Å²) in [6.45, 7) is 2.69. The molecule has 1 aromatic rings. The summed E-state index contributed by atoms with van der Waals surface area (Å²) in [6, 6.07) is 7.67. The molecule has 2 rings (SSSR count). The van der Waals surface area contributed by atoms with Gasteiger partial charge in [0.15, 0.2) is 0 Å². The van der Waals surface area contributed by atoms with Crippen LogP contribution in [0.4, 0.5) is 0 Å². The summed E-state index contributed by atoms with van der Waals surface area (Å²) in [6.07, 6.45) is 1.72. The van der Waals surface area contributed by atoms with Crippen molar-refractivity contribution < 1.29 is 4.79 Å². The summed E-state index contributed by atoms with van der Waals surface area (Å²) in [5.41, 5.74) is 1.82. The first kappa shape index (κ1) is 12.4. The van der Waals surface area contributed by atoms with Gasteiger partial charge in [0, 0.05) is 10.1 Å². The Morgan fingerprint density at radius 1 is 1.59 bits per heavy atom. The molecule has 1 amide bonds. The fraction of sp³-hybridized carbons (Fsp3) is 0.385. The Labute approximate surface area is 115 Å². The molecule has 17 heavy (non-hydrogen) atoms. The highest BCUT2D eigenvalue weighted by molar-refractivity contribution is 14.1. The number of nitrogens with zero attached hydrogens (tertiary/aromatic N) is 2. The summed E-state index contributed by atoms with van der Waals surface area (Å²) in [5.74, 6) is -0.0119. The van der Waals surface area contributed by atoms with E-state index >= 15 is 0 Å². The maximum Gasteiger partial charge on any atom is 0.256 e. The Hall–Kier alpha value is -1.09. The molecule has 0 aromatic heterocycles. The summed E-state index contributed by atoms with van der Waals surface area (Å²) < 4.78 is 0.985. The molecule has 1 fully saturated rings. The van der Waals surface area contributed by atoms with Crippen molar-refractivity contribution in [3.05, 3.63) is 32.9 Å². The molecule has 0 saturated carbocycles. The molecule has 1 aliphatic heterocycles. The monoisotopic (exact) mass is 340 g/mol. The molecule has 0 spiro atoms. The Morgan fingerprint density at radius 3 is 3.06 bits per heavy atom. The highest BCUT2D eigenvalue weighted by Crippen LogP contribution is 2.23. The minimum atomic E-state index is -0.251. The zero-order chi connectivity index (χ0) is 12.4. The molecule has 0 aliphatic carbocycles. The van der Waals surface area contributed by atoms with Gasteiger partial charge in [-0.3, -0.25) is 4.79 Å². The average Bonchev–Trinajstić information content (AvgIpc) is 2.80. The molecule has 1 unspecified atom stereocenters. The van der Waals surface area contributed by atoms with Crippen molar-refractivity contribution >= 4 is 28.5 Å². The number of carbonyl (C=O) groups excluding carboxylic acids is 1. The molecule has 3 nitrogen and oxygen atoms in total. The van der Waals surface area contributed by atoms with E-state index in [-0.39, 0.29) is 11.9 Å². The minimum absolute atomic E-state index is 0.0119. The van der Waals surface area contributed by atoms with Gasteiger partial charge in [0.2, 0.25) is 0 Å². The number of likely N-dealkylation sites (tertiary alicyclic amines) is 1. The quantitative estimate of drug-likeness (QED) is 0.738. The van der Waals surface area contributed by atoms with E-state index in [1.165, 1.54) is 0 Å². The maximum atomic E-state index is 12.4. The van der Waals surface area contributed by atoms with E-state index in [1.807, 2.05) is 25.1 Å². The van der Waals surface area contributed by atoms with Crippen LogP contribution >= 0.6 is 22.6 Å². The molecular formula is C13H13IN2O. The Bertz CT molecular complexity index is 493. The molecule has 1 heterocycles. The molecule has 0 N–H and O–H groups in total. The van der Waals surface area contributed by atoms with Crippen LogP contribution in [0.15, 0.2) is 18.2 Å². The lowest BCUT2D eigenvalue weighted by molar-refractivity contribution is 0.0763. The predicted molar refractivity (Wildman–Crippen MR) is 73.6 cm³/mol. The van der Waals surface area contributed by atoms with Crippen LogP contribution in [-0.4, -0.2) is 23.4 Å². The van der Waals surface area contributed by atoms with E-state index in [4.69, 9.17) is 5.26 Å². The molecule has 1 aliphatic rings. The fourth-order valence-corrected chi connectivity index (χ4v) is 2.70. The first-order valence-electron chi connectivity index (χ1n) is 5.61. The van der Waals surface area contributed by atoms with Crippen molar-refractivity contribution in [3.8, 4) is 6.07 Å². The largest absolute Gasteiger partial charge is 0.323 e. The standard InChI is InChI=1S/C13H13IN2O/c1-9-4-2-6-11(12(9)14)13(17)16-7-3-5-10(16)8-15/h2,4,6,10H,3,5,7H2,1H3. The lowest BCUT2D eigenvalue weighted by Crippen LogP contribution is -2.35. The molecule has 88 valence electrons. The van der Waals surface area contributed by atoms with Gasteiger partial charge in [0.25, 0.3) is 5.91 Å². The molecule has 0 bridgehead atoms. The first-order chi connectivity index (χ1) is 8.15. The number of benzene rings is 1. The first-order valence-corrected chi connectivity index (χ1v) is 6.68. The fourth-order valence-electron chi connectivity index (χ4n) is 2.11. The number of nitriles is 1. The van der Waals surface area contributed by atoms with Gasteiger partial charge in [-0.15, -0.1) is 0 Å².